The van der Waals surface area contributed by atoms with Crippen LogP contribution in [-0.4, -0.2) is 43.1 Å². The molecule has 5 nitrogen and oxygen atoms in total. The molecule has 3 heterocycles. The van der Waals surface area contributed by atoms with E-state index < -0.39 is 11.7 Å². The number of halogens is 3. The highest BCUT2D eigenvalue weighted by Gasteiger charge is 2.30. The van der Waals surface area contributed by atoms with E-state index in [1.54, 1.807) is 18.3 Å². The van der Waals surface area contributed by atoms with Crippen molar-refractivity contribution in [1.82, 2.24) is 10.3 Å². The highest BCUT2D eigenvalue weighted by atomic mass is 19.4. The lowest BCUT2D eigenvalue weighted by atomic mass is 9.91. The van der Waals surface area contributed by atoms with E-state index >= 15 is 0 Å². The number of benzene rings is 1. The van der Waals surface area contributed by atoms with Gasteiger partial charge in [0.15, 0.2) is 5.78 Å². The first-order valence-electron chi connectivity index (χ1n) is 11.2. The zero-order chi connectivity index (χ0) is 22.6. The Labute approximate surface area is 186 Å². The minimum Gasteiger partial charge on any atom is -0.474 e. The van der Waals surface area contributed by atoms with Crippen molar-refractivity contribution >= 4 is 11.5 Å². The normalized spacial score (nSPS) is 18.5. The third kappa shape index (κ3) is 5.79. The summed E-state index contributed by atoms with van der Waals surface area (Å²) in [5.41, 5.74) is 0.774. The van der Waals surface area contributed by atoms with Gasteiger partial charge in [-0.3, -0.25) is 4.79 Å². The van der Waals surface area contributed by atoms with Crippen molar-refractivity contribution in [2.75, 3.05) is 31.1 Å². The molecule has 2 saturated heterocycles. The maximum atomic E-state index is 12.8. The lowest BCUT2D eigenvalue weighted by Gasteiger charge is -2.33. The van der Waals surface area contributed by atoms with Crippen molar-refractivity contribution in [1.29, 1.82) is 0 Å². The summed E-state index contributed by atoms with van der Waals surface area (Å²) < 4.78 is 44.3. The zero-order valence-corrected chi connectivity index (χ0v) is 17.9. The molecule has 2 aliphatic rings. The fraction of sp³-hybridized carbons (Fsp3) is 0.500. The molecule has 8 heteroatoms. The molecule has 1 N–H and O–H groups in total. The van der Waals surface area contributed by atoms with Crippen LogP contribution in [0.3, 0.4) is 0 Å². The number of nitrogens with zero attached hydrogens (tertiary/aromatic N) is 2. The highest BCUT2D eigenvalue weighted by molar-refractivity contribution is 5.96. The number of hydrogen-bond acceptors (Lipinski definition) is 5. The number of carbonyl (C=O) groups is 1. The van der Waals surface area contributed by atoms with Gasteiger partial charge in [0.2, 0.25) is 5.88 Å². The average molecular weight is 448 g/mol. The first-order valence-corrected chi connectivity index (χ1v) is 11.2. The second-order valence-electron chi connectivity index (χ2n) is 8.55. The SMILES string of the molecule is O=C(CC1CCNCC1)c1ccnc(OC2CCN(c3ccc(C(F)(F)F)cc3)CC2)c1. The van der Waals surface area contributed by atoms with Crippen LogP contribution in [0.2, 0.25) is 0 Å². The Morgan fingerprint density at radius 1 is 1.06 bits per heavy atom. The van der Waals surface area contributed by atoms with Crippen LogP contribution in [0.5, 0.6) is 5.88 Å². The van der Waals surface area contributed by atoms with Crippen LogP contribution >= 0.6 is 0 Å². The van der Waals surface area contributed by atoms with Gasteiger partial charge in [0, 0.05) is 55.9 Å². The second kappa shape index (κ2) is 9.90. The number of nitrogens with one attached hydrogen (secondary N) is 1. The van der Waals surface area contributed by atoms with E-state index in [0.29, 0.717) is 36.9 Å². The summed E-state index contributed by atoms with van der Waals surface area (Å²) in [5, 5.41) is 3.31. The van der Waals surface area contributed by atoms with Gasteiger partial charge in [-0.1, -0.05) is 0 Å². The number of alkyl halides is 3. The molecule has 2 fully saturated rings. The third-order valence-corrected chi connectivity index (χ3v) is 6.28. The molecular weight excluding hydrogens is 419 g/mol. The van der Waals surface area contributed by atoms with E-state index in [4.69, 9.17) is 4.74 Å². The summed E-state index contributed by atoms with van der Waals surface area (Å²) in [6.45, 7) is 3.30. The van der Waals surface area contributed by atoms with Gasteiger partial charge in [0.1, 0.15) is 6.10 Å². The van der Waals surface area contributed by atoms with Crippen LogP contribution in [0.25, 0.3) is 0 Å². The molecule has 32 heavy (non-hydrogen) atoms. The first kappa shape index (κ1) is 22.6. The van der Waals surface area contributed by atoms with E-state index in [1.807, 2.05) is 0 Å². The van der Waals surface area contributed by atoms with E-state index in [1.165, 1.54) is 12.1 Å². The van der Waals surface area contributed by atoms with Crippen LogP contribution in [0.1, 0.15) is 48.0 Å². The van der Waals surface area contributed by atoms with Crippen LogP contribution in [0.4, 0.5) is 18.9 Å². The quantitative estimate of drug-likeness (QED) is 0.650. The zero-order valence-electron chi connectivity index (χ0n) is 17.9. The summed E-state index contributed by atoms with van der Waals surface area (Å²) >= 11 is 0. The van der Waals surface area contributed by atoms with Crippen LogP contribution in [0.15, 0.2) is 42.6 Å². The minimum atomic E-state index is -4.32. The maximum Gasteiger partial charge on any atom is 0.416 e. The maximum absolute atomic E-state index is 12.8. The van der Waals surface area contributed by atoms with Crippen molar-refractivity contribution in [2.24, 2.45) is 5.92 Å². The molecule has 0 unspecified atom stereocenters. The number of Topliss-reactive ketones (excluding diaryl/α,β-unsaturated/α-hetero) is 1. The molecule has 0 amide bonds. The van der Waals surface area contributed by atoms with Gasteiger partial charge in [0.25, 0.3) is 0 Å². The smallest absolute Gasteiger partial charge is 0.416 e. The van der Waals surface area contributed by atoms with Crippen molar-refractivity contribution in [3.8, 4) is 5.88 Å². The number of anilines is 1. The number of ether oxygens (including phenoxy) is 1. The molecule has 0 aliphatic carbocycles. The molecule has 0 bridgehead atoms. The molecule has 0 spiro atoms. The number of ketones is 1. The standard InChI is InChI=1S/C24H28F3N3O2/c25-24(26,27)19-1-3-20(4-2-19)30-13-8-21(9-14-30)32-23-16-18(7-12-29-23)22(31)15-17-5-10-28-11-6-17/h1-4,7,12,16-17,21,28H,5-6,8-11,13-15H2. The predicted molar refractivity (Wildman–Crippen MR) is 116 cm³/mol. The molecule has 1 aromatic heterocycles. The van der Waals surface area contributed by atoms with Crippen molar-refractivity contribution in [3.63, 3.8) is 0 Å². The van der Waals surface area contributed by atoms with E-state index in [2.05, 4.69) is 15.2 Å². The molecule has 4 rings (SSSR count). The lowest BCUT2D eigenvalue weighted by Crippen LogP contribution is -2.38. The first-order chi connectivity index (χ1) is 15.4. The number of hydrogen-bond donors (Lipinski definition) is 1. The second-order valence-corrected chi connectivity index (χ2v) is 8.55. The van der Waals surface area contributed by atoms with Gasteiger partial charge < -0.3 is 15.0 Å². The summed E-state index contributed by atoms with van der Waals surface area (Å²) in [4.78, 5) is 19.0. The van der Waals surface area contributed by atoms with Gasteiger partial charge in [-0.15, -0.1) is 0 Å². The van der Waals surface area contributed by atoms with Gasteiger partial charge in [0.05, 0.1) is 5.56 Å². The number of rotatable bonds is 6. The van der Waals surface area contributed by atoms with E-state index in [0.717, 1.165) is 56.6 Å². The van der Waals surface area contributed by atoms with Crippen molar-refractivity contribution in [3.05, 3.63) is 53.7 Å². The molecule has 1 aromatic carbocycles. The van der Waals surface area contributed by atoms with Crippen molar-refractivity contribution in [2.45, 2.75) is 44.4 Å². The molecule has 0 atom stereocenters. The van der Waals surface area contributed by atoms with E-state index in [9.17, 15) is 18.0 Å². The van der Waals surface area contributed by atoms with Gasteiger partial charge >= 0.3 is 6.18 Å². The highest BCUT2D eigenvalue weighted by Crippen LogP contribution is 2.31. The van der Waals surface area contributed by atoms with Crippen molar-refractivity contribution < 1.29 is 22.7 Å². The molecule has 0 saturated carbocycles. The molecule has 2 aromatic rings. The van der Waals surface area contributed by atoms with Crippen LogP contribution in [0, 0.1) is 5.92 Å². The van der Waals surface area contributed by atoms with E-state index in [-0.39, 0.29) is 11.9 Å². The minimum absolute atomic E-state index is 0.0389. The third-order valence-electron chi connectivity index (χ3n) is 6.28. The molecule has 0 radical (unpaired) electrons. The fourth-order valence-corrected chi connectivity index (χ4v) is 4.38. The summed E-state index contributed by atoms with van der Waals surface area (Å²) in [5.74, 6) is 1.01. The number of carbonyl (C=O) groups excluding carboxylic acids is 1. The number of aromatic nitrogens is 1. The number of pyridine rings is 1. The Balaban J connectivity index is 1.29. The monoisotopic (exact) mass is 447 g/mol. The Morgan fingerprint density at radius 2 is 1.75 bits per heavy atom. The molecule has 172 valence electrons. The fourth-order valence-electron chi connectivity index (χ4n) is 4.38. The predicted octanol–water partition coefficient (Wildman–Crippen LogP) is 4.72. The topological polar surface area (TPSA) is 54.5 Å². The Morgan fingerprint density at radius 3 is 2.41 bits per heavy atom. The van der Waals surface area contributed by atoms with Gasteiger partial charge in [-0.2, -0.15) is 13.2 Å². The van der Waals surface area contributed by atoms with Crippen LogP contribution < -0.4 is 15.0 Å². The van der Waals surface area contributed by atoms with Gasteiger partial charge in [-0.05, 0) is 62.2 Å². The summed E-state index contributed by atoms with van der Waals surface area (Å²) in [7, 11) is 0. The van der Waals surface area contributed by atoms with Crippen LogP contribution in [-0.2, 0) is 6.18 Å². The molecular formula is C24H28F3N3O2. The summed E-state index contributed by atoms with van der Waals surface area (Å²) in [6.07, 6.45) is 1.32. The Hall–Kier alpha value is -2.61. The largest absolute Gasteiger partial charge is 0.474 e. The Kier molecular flexibility index (Phi) is 6.98. The van der Waals surface area contributed by atoms with Gasteiger partial charge in [-0.25, -0.2) is 4.98 Å². The molecule has 2 aliphatic heterocycles. The number of piperidine rings is 2. The lowest BCUT2D eigenvalue weighted by molar-refractivity contribution is -0.137. The Bertz CT molecular complexity index is 903. The average Bonchev–Trinajstić information content (AvgIpc) is 2.80. The summed E-state index contributed by atoms with van der Waals surface area (Å²) in [6, 6.07) is 8.74.